The minimum absolute atomic E-state index is 0.147. The number of carbonyl (C=O) groups excluding carboxylic acids is 1. The van der Waals surface area contributed by atoms with Crippen molar-refractivity contribution in [1.82, 2.24) is 4.98 Å². The molecule has 0 saturated heterocycles. The molecule has 0 fully saturated rings. The molecule has 0 saturated carbocycles. The Hall–Kier alpha value is -4.18. The first kappa shape index (κ1) is 22.0. The second-order valence-corrected chi connectivity index (χ2v) is 8.54. The molecule has 0 aliphatic carbocycles. The van der Waals surface area contributed by atoms with Gasteiger partial charge in [-0.2, -0.15) is 0 Å². The summed E-state index contributed by atoms with van der Waals surface area (Å²) >= 11 is 1.32. The average molecular weight is 462 g/mol. The standard InChI is InChI=1S/C23H18N4O5S/c1-14-8-20-21(9-15(14)2)33-23(24-20)25(13-16-6-4-3-5-7-16)22(28)17-10-18(26(29)30)12-19(11-17)27(31)32/h3-12H,13H2,1-2H3. The van der Waals surface area contributed by atoms with Crippen LogP contribution in [0.4, 0.5) is 16.5 Å². The predicted molar refractivity (Wildman–Crippen MR) is 126 cm³/mol. The first-order valence-electron chi connectivity index (χ1n) is 9.90. The highest BCUT2D eigenvalue weighted by atomic mass is 32.1. The molecule has 0 N–H and O–H groups in total. The molecule has 1 aromatic heterocycles. The Morgan fingerprint density at radius 3 is 2.15 bits per heavy atom. The Bertz CT molecular complexity index is 1330. The number of nitro groups is 2. The Morgan fingerprint density at radius 2 is 1.55 bits per heavy atom. The van der Waals surface area contributed by atoms with Gasteiger partial charge in [0, 0.05) is 12.1 Å². The molecule has 1 heterocycles. The Kier molecular flexibility index (Phi) is 5.84. The van der Waals surface area contributed by atoms with Gasteiger partial charge in [-0.05, 0) is 42.7 Å². The van der Waals surface area contributed by atoms with Crippen LogP contribution in [0.3, 0.4) is 0 Å². The lowest BCUT2D eigenvalue weighted by molar-refractivity contribution is -0.394. The van der Waals surface area contributed by atoms with Gasteiger partial charge >= 0.3 is 0 Å². The Balaban J connectivity index is 1.84. The molecular weight excluding hydrogens is 444 g/mol. The van der Waals surface area contributed by atoms with E-state index in [4.69, 9.17) is 0 Å². The third-order valence-electron chi connectivity index (χ3n) is 5.22. The molecule has 4 aromatic rings. The number of carbonyl (C=O) groups is 1. The van der Waals surface area contributed by atoms with Crippen LogP contribution in [-0.4, -0.2) is 20.7 Å². The van der Waals surface area contributed by atoms with Gasteiger partial charge in [0.05, 0.1) is 38.2 Å². The smallest absolute Gasteiger partial charge is 0.277 e. The first-order valence-corrected chi connectivity index (χ1v) is 10.7. The summed E-state index contributed by atoms with van der Waals surface area (Å²) in [6, 6.07) is 16.1. The van der Waals surface area contributed by atoms with Crippen LogP contribution >= 0.6 is 11.3 Å². The van der Waals surface area contributed by atoms with Gasteiger partial charge in [0.15, 0.2) is 5.13 Å². The third-order valence-corrected chi connectivity index (χ3v) is 6.26. The number of nitro benzene ring substituents is 2. The van der Waals surface area contributed by atoms with Crippen LogP contribution in [0.1, 0.15) is 27.0 Å². The van der Waals surface area contributed by atoms with Gasteiger partial charge in [-0.3, -0.25) is 29.9 Å². The number of aromatic nitrogens is 1. The Labute approximate surface area is 192 Å². The molecule has 9 nitrogen and oxygen atoms in total. The van der Waals surface area contributed by atoms with Gasteiger partial charge in [0.1, 0.15) is 0 Å². The fraction of sp³-hybridized carbons (Fsp3) is 0.130. The van der Waals surface area contributed by atoms with Crippen LogP contribution in [0.25, 0.3) is 10.2 Å². The number of hydrogen-bond donors (Lipinski definition) is 0. The highest BCUT2D eigenvalue weighted by molar-refractivity contribution is 7.22. The molecule has 3 aromatic carbocycles. The molecule has 1 amide bonds. The van der Waals surface area contributed by atoms with E-state index in [-0.39, 0.29) is 12.1 Å². The van der Waals surface area contributed by atoms with Crippen molar-refractivity contribution >= 4 is 44.0 Å². The van der Waals surface area contributed by atoms with Crippen molar-refractivity contribution in [3.8, 4) is 0 Å². The van der Waals surface area contributed by atoms with Crippen molar-refractivity contribution in [2.45, 2.75) is 20.4 Å². The molecule has 0 radical (unpaired) electrons. The quantitative estimate of drug-likeness (QED) is 0.273. The summed E-state index contributed by atoms with van der Waals surface area (Å²) in [5.41, 5.74) is 2.50. The maximum atomic E-state index is 13.6. The average Bonchev–Trinajstić information content (AvgIpc) is 3.19. The summed E-state index contributed by atoms with van der Waals surface area (Å²) in [5.74, 6) is -0.613. The molecule has 0 aliphatic rings. The number of aryl methyl sites for hydroxylation is 2. The fourth-order valence-corrected chi connectivity index (χ4v) is 4.40. The lowest BCUT2D eigenvalue weighted by Crippen LogP contribution is -2.30. The number of hydrogen-bond acceptors (Lipinski definition) is 7. The van der Waals surface area contributed by atoms with E-state index in [2.05, 4.69) is 4.98 Å². The van der Waals surface area contributed by atoms with E-state index in [1.165, 1.54) is 16.2 Å². The fourth-order valence-electron chi connectivity index (χ4n) is 3.36. The van der Waals surface area contributed by atoms with Crippen LogP contribution in [0.15, 0.2) is 60.7 Å². The monoisotopic (exact) mass is 462 g/mol. The maximum Gasteiger partial charge on any atom is 0.277 e. The lowest BCUT2D eigenvalue weighted by Gasteiger charge is -2.20. The van der Waals surface area contributed by atoms with Gasteiger partial charge in [-0.25, -0.2) is 4.98 Å². The number of benzene rings is 3. The Morgan fingerprint density at radius 1 is 0.939 bits per heavy atom. The number of anilines is 1. The van der Waals surface area contributed by atoms with Gasteiger partial charge in [0.25, 0.3) is 17.3 Å². The van der Waals surface area contributed by atoms with Gasteiger partial charge in [0.2, 0.25) is 0 Å². The van der Waals surface area contributed by atoms with Gasteiger partial charge in [-0.1, -0.05) is 41.7 Å². The molecule has 0 atom stereocenters. The molecule has 0 spiro atoms. The number of fused-ring (bicyclic) bond motifs is 1. The van der Waals surface area contributed by atoms with Crippen molar-refractivity contribution in [3.63, 3.8) is 0 Å². The number of non-ortho nitro benzene ring substituents is 2. The topological polar surface area (TPSA) is 119 Å². The number of nitrogens with zero attached hydrogens (tertiary/aromatic N) is 4. The minimum Gasteiger partial charge on any atom is -0.279 e. The number of thiazole rings is 1. The number of rotatable bonds is 6. The van der Waals surface area contributed by atoms with Crippen molar-refractivity contribution < 1.29 is 14.6 Å². The van der Waals surface area contributed by atoms with E-state index < -0.39 is 27.1 Å². The lowest BCUT2D eigenvalue weighted by atomic mass is 10.1. The molecule has 33 heavy (non-hydrogen) atoms. The molecule has 0 bridgehead atoms. The molecule has 10 heteroatoms. The van der Waals surface area contributed by atoms with E-state index in [0.29, 0.717) is 5.13 Å². The first-order chi connectivity index (χ1) is 15.7. The predicted octanol–water partition coefficient (Wildman–Crippen LogP) is 5.58. The second-order valence-electron chi connectivity index (χ2n) is 7.53. The van der Waals surface area contributed by atoms with Crippen LogP contribution in [0, 0.1) is 34.1 Å². The summed E-state index contributed by atoms with van der Waals surface area (Å²) in [5, 5.41) is 23.0. The molecule has 4 rings (SSSR count). The summed E-state index contributed by atoms with van der Waals surface area (Å²) in [6.45, 7) is 4.11. The van der Waals surface area contributed by atoms with Crippen LogP contribution in [-0.2, 0) is 6.54 Å². The third kappa shape index (κ3) is 4.55. The van der Waals surface area contributed by atoms with Crippen LogP contribution in [0.2, 0.25) is 0 Å². The van der Waals surface area contributed by atoms with E-state index >= 15 is 0 Å². The van der Waals surface area contributed by atoms with E-state index in [9.17, 15) is 25.0 Å². The van der Waals surface area contributed by atoms with E-state index in [0.717, 1.165) is 45.1 Å². The minimum atomic E-state index is -0.755. The van der Waals surface area contributed by atoms with Crippen LogP contribution in [0.5, 0.6) is 0 Å². The van der Waals surface area contributed by atoms with Crippen molar-refractivity contribution in [2.24, 2.45) is 0 Å². The molecule has 0 unspecified atom stereocenters. The van der Waals surface area contributed by atoms with Crippen molar-refractivity contribution in [1.29, 1.82) is 0 Å². The summed E-state index contributed by atoms with van der Waals surface area (Å²) in [7, 11) is 0. The molecule has 166 valence electrons. The zero-order chi connectivity index (χ0) is 23.7. The van der Waals surface area contributed by atoms with Crippen LogP contribution < -0.4 is 4.90 Å². The molecule has 0 aliphatic heterocycles. The summed E-state index contributed by atoms with van der Waals surface area (Å²) in [6.07, 6.45) is 0. The summed E-state index contributed by atoms with van der Waals surface area (Å²) < 4.78 is 0.893. The number of amides is 1. The zero-order valence-electron chi connectivity index (χ0n) is 17.7. The normalized spacial score (nSPS) is 10.8. The maximum absolute atomic E-state index is 13.6. The van der Waals surface area contributed by atoms with Gasteiger partial charge < -0.3 is 0 Å². The van der Waals surface area contributed by atoms with Crippen molar-refractivity contribution in [2.75, 3.05) is 4.90 Å². The highest BCUT2D eigenvalue weighted by Gasteiger charge is 2.26. The van der Waals surface area contributed by atoms with Gasteiger partial charge in [-0.15, -0.1) is 0 Å². The van der Waals surface area contributed by atoms with E-state index in [1.54, 1.807) is 0 Å². The molecular formula is C23H18N4O5S. The van der Waals surface area contributed by atoms with E-state index in [1.807, 2.05) is 56.3 Å². The van der Waals surface area contributed by atoms with Crippen molar-refractivity contribution in [3.05, 3.63) is 103 Å². The SMILES string of the molecule is Cc1cc2nc(N(Cc3ccccc3)C(=O)c3cc([N+](=O)[O-])cc([N+](=O)[O-])c3)sc2cc1C. The second kappa shape index (κ2) is 8.75. The zero-order valence-corrected chi connectivity index (χ0v) is 18.5. The summed E-state index contributed by atoms with van der Waals surface area (Å²) in [4.78, 5) is 40.7. The largest absolute Gasteiger partial charge is 0.279 e. The highest BCUT2D eigenvalue weighted by Crippen LogP contribution is 2.33.